The van der Waals surface area contributed by atoms with E-state index in [1.54, 1.807) is 26.0 Å². The van der Waals surface area contributed by atoms with E-state index in [0.717, 1.165) is 54.7 Å². The zero-order valence-electron chi connectivity index (χ0n) is 17.5. The molecule has 4 nitrogen and oxygen atoms in total. The van der Waals surface area contributed by atoms with E-state index in [4.69, 9.17) is 9.47 Å². The summed E-state index contributed by atoms with van der Waals surface area (Å²) in [4.78, 5) is 15.4. The van der Waals surface area contributed by atoms with Gasteiger partial charge in [-0.1, -0.05) is 12.1 Å². The summed E-state index contributed by atoms with van der Waals surface area (Å²) in [6.45, 7) is 0. The molecule has 0 N–H and O–H groups in total. The van der Waals surface area contributed by atoms with Gasteiger partial charge in [0, 0.05) is 40.4 Å². The first kappa shape index (κ1) is 19.9. The van der Waals surface area contributed by atoms with Gasteiger partial charge in [0.2, 0.25) is 0 Å². The van der Waals surface area contributed by atoms with E-state index in [-0.39, 0.29) is 5.41 Å². The molecule has 5 heteroatoms. The number of nitrogens with zero attached hydrogens (tertiary/aromatic N) is 1. The third-order valence-corrected chi connectivity index (χ3v) is 7.07. The molecule has 0 saturated heterocycles. The minimum atomic E-state index is -0.223. The van der Waals surface area contributed by atoms with Crippen LogP contribution in [-0.4, -0.2) is 33.8 Å². The monoisotopic (exact) mass is 409 g/mol. The Hall–Kier alpha value is -2.40. The lowest BCUT2D eigenvalue weighted by atomic mass is 9.67. The van der Waals surface area contributed by atoms with Crippen molar-refractivity contribution in [2.75, 3.05) is 32.4 Å². The summed E-state index contributed by atoms with van der Waals surface area (Å²) >= 11 is 1.75. The highest BCUT2D eigenvalue weighted by Gasteiger charge is 2.49. The maximum atomic E-state index is 12.0. The fraction of sp³-hybridized carbons (Fsp3) is 0.375. The SMILES string of the molecule is COc1cc2c(cc1OC)C1(Cc3ccc(SC)cc3)CCCC(C=O)=C1N2C. The Morgan fingerprint density at radius 3 is 2.45 bits per heavy atom. The van der Waals surface area contributed by atoms with Crippen molar-refractivity contribution >= 4 is 23.7 Å². The van der Waals surface area contributed by atoms with Crippen LogP contribution in [0.2, 0.25) is 0 Å². The van der Waals surface area contributed by atoms with Crippen molar-refractivity contribution in [1.29, 1.82) is 0 Å². The van der Waals surface area contributed by atoms with Gasteiger partial charge in [0.15, 0.2) is 11.5 Å². The van der Waals surface area contributed by atoms with Crippen molar-refractivity contribution in [3.8, 4) is 11.5 Å². The molecule has 0 aromatic heterocycles. The first-order valence-corrected chi connectivity index (χ1v) is 11.1. The van der Waals surface area contributed by atoms with Gasteiger partial charge in [-0.3, -0.25) is 4.79 Å². The molecule has 4 rings (SSSR count). The van der Waals surface area contributed by atoms with Crippen LogP contribution in [0.25, 0.3) is 0 Å². The molecular weight excluding hydrogens is 382 g/mol. The fourth-order valence-corrected chi connectivity index (χ4v) is 5.46. The molecule has 29 heavy (non-hydrogen) atoms. The summed E-state index contributed by atoms with van der Waals surface area (Å²) in [6.07, 6.45) is 6.85. The van der Waals surface area contributed by atoms with Crippen LogP contribution in [-0.2, 0) is 16.6 Å². The van der Waals surface area contributed by atoms with Crippen LogP contribution in [0.1, 0.15) is 30.4 Å². The van der Waals surface area contributed by atoms with Gasteiger partial charge in [-0.25, -0.2) is 0 Å². The lowest BCUT2D eigenvalue weighted by Gasteiger charge is -2.37. The number of carbonyl (C=O) groups excluding carboxylic acids is 1. The van der Waals surface area contributed by atoms with Crippen LogP contribution < -0.4 is 14.4 Å². The smallest absolute Gasteiger partial charge is 0.162 e. The lowest BCUT2D eigenvalue weighted by Crippen LogP contribution is -2.36. The minimum absolute atomic E-state index is 0.223. The third-order valence-electron chi connectivity index (χ3n) is 6.33. The number of hydrogen-bond acceptors (Lipinski definition) is 5. The van der Waals surface area contributed by atoms with Gasteiger partial charge in [-0.2, -0.15) is 0 Å². The number of anilines is 1. The predicted molar refractivity (Wildman–Crippen MR) is 118 cm³/mol. The number of fused-ring (bicyclic) bond motifs is 3. The van der Waals surface area contributed by atoms with E-state index < -0.39 is 0 Å². The number of hydrogen-bond donors (Lipinski definition) is 0. The Morgan fingerprint density at radius 1 is 1.14 bits per heavy atom. The number of aldehydes is 1. The van der Waals surface area contributed by atoms with Crippen LogP contribution >= 0.6 is 11.8 Å². The summed E-state index contributed by atoms with van der Waals surface area (Å²) < 4.78 is 11.2. The molecular formula is C24H27NO3S. The maximum Gasteiger partial charge on any atom is 0.162 e. The molecule has 0 spiro atoms. The van der Waals surface area contributed by atoms with Crippen LogP contribution in [0, 0.1) is 0 Å². The highest BCUT2D eigenvalue weighted by Crippen LogP contribution is 2.57. The van der Waals surface area contributed by atoms with E-state index in [2.05, 4.69) is 48.5 Å². The Labute approximate surface area is 176 Å². The maximum absolute atomic E-state index is 12.0. The second-order valence-electron chi connectivity index (χ2n) is 7.74. The highest BCUT2D eigenvalue weighted by molar-refractivity contribution is 7.98. The molecule has 0 amide bonds. The van der Waals surface area contributed by atoms with Crippen LogP contribution in [0.5, 0.6) is 11.5 Å². The van der Waals surface area contributed by atoms with E-state index in [1.807, 2.05) is 6.07 Å². The summed E-state index contributed by atoms with van der Waals surface area (Å²) in [7, 11) is 5.39. The third kappa shape index (κ3) is 3.12. The van der Waals surface area contributed by atoms with Gasteiger partial charge in [0.1, 0.15) is 6.29 Å². The number of ether oxygens (including phenoxy) is 2. The molecule has 1 unspecified atom stereocenters. The number of benzene rings is 2. The normalized spacial score (nSPS) is 20.3. The molecule has 2 aromatic carbocycles. The van der Waals surface area contributed by atoms with E-state index in [0.29, 0.717) is 5.75 Å². The van der Waals surface area contributed by atoms with Gasteiger partial charge < -0.3 is 14.4 Å². The van der Waals surface area contributed by atoms with Gasteiger partial charge >= 0.3 is 0 Å². The zero-order valence-corrected chi connectivity index (χ0v) is 18.3. The number of likely N-dealkylation sites (N-methyl/N-ethyl adjacent to an activating group) is 1. The molecule has 1 atom stereocenters. The molecule has 1 aliphatic heterocycles. The minimum Gasteiger partial charge on any atom is -0.493 e. The molecule has 1 heterocycles. The molecule has 0 fully saturated rings. The average molecular weight is 410 g/mol. The Kier molecular flexibility index (Phi) is 5.34. The first-order valence-electron chi connectivity index (χ1n) is 9.90. The zero-order chi connectivity index (χ0) is 20.6. The Bertz CT molecular complexity index is 967. The number of rotatable bonds is 6. The highest BCUT2D eigenvalue weighted by atomic mass is 32.2. The standard InChI is InChI=1S/C24H27NO3S/c1-25-20-13-22(28-3)21(27-2)12-19(20)24(11-5-6-17(15-26)23(24)25)14-16-7-9-18(29-4)10-8-16/h7-10,12-13,15H,5-6,11,14H2,1-4H3. The van der Waals surface area contributed by atoms with Crippen LogP contribution in [0.4, 0.5) is 5.69 Å². The van der Waals surface area contributed by atoms with Crippen molar-refractivity contribution in [2.24, 2.45) is 0 Å². The van der Waals surface area contributed by atoms with Crippen LogP contribution in [0.15, 0.2) is 52.6 Å². The summed E-state index contributed by atoms with van der Waals surface area (Å²) in [5.74, 6) is 1.45. The Balaban J connectivity index is 1.92. The number of methoxy groups -OCH3 is 2. The number of allylic oxidation sites excluding steroid dienone is 2. The molecule has 0 saturated carbocycles. The molecule has 0 radical (unpaired) electrons. The van der Waals surface area contributed by atoms with Crippen molar-refractivity contribution in [3.63, 3.8) is 0 Å². The first-order chi connectivity index (χ1) is 14.1. The molecule has 152 valence electrons. The Morgan fingerprint density at radius 2 is 1.83 bits per heavy atom. The summed E-state index contributed by atoms with van der Waals surface area (Å²) in [5, 5.41) is 0. The number of carbonyl (C=O) groups is 1. The molecule has 0 bridgehead atoms. The molecule has 2 aromatic rings. The van der Waals surface area contributed by atoms with E-state index >= 15 is 0 Å². The average Bonchev–Trinajstić information content (AvgIpc) is 3.01. The number of thioether (sulfide) groups is 1. The van der Waals surface area contributed by atoms with Gasteiger partial charge in [0.05, 0.1) is 14.2 Å². The van der Waals surface area contributed by atoms with E-state index in [1.165, 1.54) is 16.0 Å². The van der Waals surface area contributed by atoms with Crippen molar-refractivity contribution in [3.05, 3.63) is 58.8 Å². The van der Waals surface area contributed by atoms with Gasteiger partial charge in [0.25, 0.3) is 0 Å². The van der Waals surface area contributed by atoms with Crippen molar-refractivity contribution in [2.45, 2.75) is 36.0 Å². The van der Waals surface area contributed by atoms with Gasteiger partial charge in [-0.05, 0) is 61.3 Å². The molecule has 1 aliphatic carbocycles. The van der Waals surface area contributed by atoms with Crippen molar-refractivity contribution < 1.29 is 14.3 Å². The lowest BCUT2D eigenvalue weighted by molar-refractivity contribution is -0.105. The van der Waals surface area contributed by atoms with Gasteiger partial charge in [-0.15, -0.1) is 11.8 Å². The molecule has 2 aliphatic rings. The second-order valence-corrected chi connectivity index (χ2v) is 8.62. The quantitative estimate of drug-likeness (QED) is 0.496. The van der Waals surface area contributed by atoms with Crippen LogP contribution in [0.3, 0.4) is 0 Å². The summed E-state index contributed by atoms with van der Waals surface area (Å²) in [5.41, 5.74) is 5.43. The van der Waals surface area contributed by atoms with Crippen molar-refractivity contribution in [1.82, 2.24) is 0 Å². The predicted octanol–water partition coefficient (Wildman–Crippen LogP) is 4.99. The van der Waals surface area contributed by atoms with E-state index in [9.17, 15) is 4.79 Å². The summed E-state index contributed by atoms with van der Waals surface area (Å²) in [6, 6.07) is 12.9. The largest absolute Gasteiger partial charge is 0.493 e. The fourth-order valence-electron chi connectivity index (χ4n) is 5.05. The topological polar surface area (TPSA) is 38.8 Å². The second kappa shape index (κ2) is 7.79.